The molecule has 2 atom stereocenters. The van der Waals surface area contributed by atoms with E-state index >= 15 is 0 Å². The zero-order valence-electron chi connectivity index (χ0n) is 11.8. The third-order valence-corrected chi connectivity index (χ3v) is 4.37. The molecule has 1 aliphatic rings. The summed E-state index contributed by atoms with van der Waals surface area (Å²) in [6, 6.07) is 3.90. The van der Waals surface area contributed by atoms with Crippen LogP contribution in [0.25, 0.3) is 11.0 Å². The molecule has 1 aliphatic carbocycles. The Morgan fingerprint density at radius 1 is 1.15 bits per heavy atom. The van der Waals surface area contributed by atoms with Crippen molar-refractivity contribution in [3.05, 3.63) is 29.0 Å². The van der Waals surface area contributed by atoms with Gasteiger partial charge in [-0.2, -0.15) is 0 Å². The van der Waals surface area contributed by atoms with Gasteiger partial charge in [0, 0.05) is 22.9 Å². The zero-order valence-corrected chi connectivity index (χ0v) is 13.4. The number of aromatic nitrogens is 2. The van der Waals surface area contributed by atoms with Gasteiger partial charge in [-0.3, -0.25) is 4.98 Å². The number of hydrogen-bond donors (Lipinski definition) is 0. The molecule has 20 heavy (non-hydrogen) atoms. The summed E-state index contributed by atoms with van der Waals surface area (Å²) in [6.07, 6.45) is 7.45. The van der Waals surface area contributed by atoms with Gasteiger partial charge < -0.3 is 4.74 Å². The summed E-state index contributed by atoms with van der Waals surface area (Å²) in [5.74, 6) is 2.33. The number of halogens is 1. The summed E-state index contributed by atoms with van der Waals surface area (Å²) >= 11 is 3.43. The van der Waals surface area contributed by atoms with Crippen LogP contribution in [0, 0.1) is 11.8 Å². The van der Waals surface area contributed by atoms with E-state index in [2.05, 4.69) is 39.7 Å². The van der Waals surface area contributed by atoms with Gasteiger partial charge in [-0.25, -0.2) is 4.98 Å². The first-order chi connectivity index (χ1) is 9.61. The predicted molar refractivity (Wildman–Crippen MR) is 83.8 cm³/mol. The van der Waals surface area contributed by atoms with Crippen LogP contribution in [-0.2, 0) is 0 Å². The maximum atomic E-state index is 6.23. The van der Waals surface area contributed by atoms with Crippen LogP contribution in [0.2, 0.25) is 0 Å². The fraction of sp³-hybridized carbons (Fsp3) is 0.500. The van der Waals surface area contributed by atoms with Crippen LogP contribution in [0.4, 0.5) is 0 Å². The highest BCUT2D eigenvalue weighted by Crippen LogP contribution is 2.33. The van der Waals surface area contributed by atoms with Crippen molar-refractivity contribution >= 4 is 27.0 Å². The van der Waals surface area contributed by atoms with Crippen LogP contribution in [0.3, 0.4) is 0 Å². The lowest BCUT2D eigenvalue weighted by atomic mass is 9.82. The first-order valence-electron chi connectivity index (χ1n) is 7.18. The van der Waals surface area contributed by atoms with E-state index in [1.807, 2.05) is 12.1 Å². The molecular weight excluding hydrogens is 316 g/mol. The average Bonchev–Trinajstić information content (AvgIpc) is 2.37. The molecule has 2 unspecified atom stereocenters. The van der Waals surface area contributed by atoms with Crippen molar-refractivity contribution in [3.8, 4) is 5.75 Å². The maximum Gasteiger partial charge on any atom is 0.149 e. The average molecular weight is 335 g/mol. The Hall–Kier alpha value is -1.16. The van der Waals surface area contributed by atoms with Crippen LogP contribution in [-0.4, -0.2) is 16.1 Å². The molecule has 0 bridgehead atoms. The second-order valence-electron chi connectivity index (χ2n) is 5.99. The second kappa shape index (κ2) is 5.68. The number of ether oxygens (including phenoxy) is 1. The Labute approximate surface area is 127 Å². The number of pyridine rings is 2. The van der Waals surface area contributed by atoms with Gasteiger partial charge in [-0.05, 0) is 53.1 Å². The number of hydrogen-bond acceptors (Lipinski definition) is 3. The van der Waals surface area contributed by atoms with E-state index in [0.717, 1.165) is 45.9 Å². The van der Waals surface area contributed by atoms with Crippen LogP contribution in [0.15, 0.2) is 29.0 Å². The van der Waals surface area contributed by atoms with Crippen molar-refractivity contribution < 1.29 is 4.74 Å². The Bertz CT molecular complexity index is 606. The molecule has 1 fully saturated rings. The molecule has 0 spiro atoms. The normalized spacial score (nSPS) is 26.6. The quantitative estimate of drug-likeness (QED) is 0.805. The van der Waals surface area contributed by atoms with E-state index in [-0.39, 0.29) is 0 Å². The third-order valence-electron chi connectivity index (χ3n) is 3.94. The molecule has 0 radical (unpaired) electrons. The smallest absolute Gasteiger partial charge is 0.149 e. The van der Waals surface area contributed by atoms with Crippen LogP contribution >= 0.6 is 15.9 Å². The number of fused-ring (bicyclic) bond motifs is 1. The van der Waals surface area contributed by atoms with Gasteiger partial charge in [0.15, 0.2) is 0 Å². The van der Waals surface area contributed by atoms with E-state index in [1.54, 1.807) is 12.4 Å². The lowest BCUT2D eigenvalue weighted by Crippen LogP contribution is -2.28. The Morgan fingerprint density at radius 2 is 1.90 bits per heavy atom. The van der Waals surface area contributed by atoms with Crippen LogP contribution in [0.5, 0.6) is 5.75 Å². The Balaban J connectivity index is 1.87. The standard InChI is InChI=1S/C16H19BrN2O/c1-10-5-11(2)7-13(6-10)20-15-3-4-18-14-8-12(17)9-19-16(14)15/h3-4,8-11,13H,5-7H2,1-2H3. The highest BCUT2D eigenvalue weighted by atomic mass is 79.9. The van der Waals surface area contributed by atoms with Gasteiger partial charge in [0.25, 0.3) is 0 Å². The fourth-order valence-electron chi connectivity index (χ4n) is 3.23. The van der Waals surface area contributed by atoms with Gasteiger partial charge >= 0.3 is 0 Å². The Kier molecular flexibility index (Phi) is 3.92. The largest absolute Gasteiger partial charge is 0.488 e. The second-order valence-corrected chi connectivity index (χ2v) is 6.90. The molecule has 0 aromatic carbocycles. The molecule has 2 heterocycles. The van der Waals surface area contributed by atoms with Crippen LogP contribution < -0.4 is 4.74 Å². The summed E-state index contributed by atoms with van der Waals surface area (Å²) in [7, 11) is 0. The molecule has 3 nitrogen and oxygen atoms in total. The van der Waals surface area contributed by atoms with Gasteiger partial charge in [-0.1, -0.05) is 13.8 Å². The molecule has 106 valence electrons. The van der Waals surface area contributed by atoms with E-state index in [4.69, 9.17) is 4.74 Å². The van der Waals surface area contributed by atoms with Crippen molar-refractivity contribution in [1.82, 2.24) is 9.97 Å². The zero-order chi connectivity index (χ0) is 14.1. The van der Waals surface area contributed by atoms with Crippen molar-refractivity contribution in [2.75, 3.05) is 0 Å². The van der Waals surface area contributed by atoms with E-state index < -0.39 is 0 Å². The van der Waals surface area contributed by atoms with E-state index in [9.17, 15) is 0 Å². The minimum Gasteiger partial charge on any atom is -0.488 e. The van der Waals surface area contributed by atoms with Gasteiger partial charge in [0.2, 0.25) is 0 Å². The topological polar surface area (TPSA) is 35.0 Å². The summed E-state index contributed by atoms with van der Waals surface area (Å²) in [5.41, 5.74) is 1.72. The molecule has 1 saturated carbocycles. The third kappa shape index (κ3) is 2.95. The number of nitrogens with zero attached hydrogens (tertiary/aromatic N) is 2. The lowest BCUT2D eigenvalue weighted by molar-refractivity contribution is 0.102. The highest BCUT2D eigenvalue weighted by molar-refractivity contribution is 9.10. The molecule has 3 rings (SSSR count). The molecule has 4 heteroatoms. The number of rotatable bonds is 2. The predicted octanol–water partition coefficient (Wildman–Crippen LogP) is 4.60. The van der Waals surface area contributed by atoms with Crippen molar-refractivity contribution in [2.24, 2.45) is 11.8 Å². The first-order valence-corrected chi connectivity index (χ1v) is 7.98. The Morgan fingerprint density at radius 3 is 2.65 bits per heavy atom. The summed E-state index contributed by atoms with van der Waals surface area (Å²) < 4.78 is 7.17. The minimum atomic E-state index is 0.296. The SMILES string of the molecule is CC1CC(C)CC(Oc2ccnc3cc(Br)cnc23)C1. The molecule has 0 N–H and O–H groups in total. The monoisotopic (exact) mass is 334 g/mol. The van der Waals surface area contributed by atoms with Crippen molar-refractivity contribution in [3.63, 3.8) is 0 Å². The van der Waals surface area contributed by atoms with E-state index in [0.29, 0.717) is 6.10 Å². The summed E-state index contributed by atoms with van der Waals surface area (Å²) in [5, 5.41) is 0. The van der Waals surface area contributed by atoms with Crippen molar-refractivity contribution in [2.45, 2.75) is 39.2 Å². The van der Waals surface area contributed by atoms with Crippen molar-refractivity contribution in [1.29, 1.82) is 0 Å². The van der Waals surface area contributed by atoms with Gasteiger partial charge in [0.1, 0.15) is 11.3 Å². The van der Waals surface area contributed by atoms with Gasteiger partial charge in [-0.15, -0.1) is 0 Å². The maximum absolute atomic E-state index is 6.23. The molecule has 0 saturated heterocycles. The highest BCUT2D eigenvalue weighted by Gasteiger charge is 2.25. The summed E-state index contributed by atoms with van der Waals surface area (Å²) in [6.45, 7) is 4.62. The minimum absolute atomic E-state index is 0.296. The molecule has 0 amide bonds. The van der Waals surface area contributed by atoms with E-state index in [1.165, 1.54) is 6.42 Å². The molecule has 2 aromatic heterocycles. The van der Waals surface area contributed by atoms with Crippen LogP contribution in [0.1, 0.15) is 33.1 Å². The fourth-order valence-corrected chi connectivity index (χ4v) is 3.54. The van der Waals surface area contributed by atoms with Gasteiger partial charge in [0.05, 0.1) is 11.6 Å². The molecule has 2 aromatic rings. The molecular formula is C16H19BrN2O. The lowest BCUT2D eigenvalue weighted by Gasteiger charge is -2.31. The summed E-state index contributed by atoms with van der Waals surface area (Å²) in [4.78, 5) is 8.80. The molecule has 0 aliphatic heterocycles. The first kappa shape index (κ1) is 13.8.